The fraction of sp³-hybridized carbons (Fsp3) is 0. The van der Waals surface area contributed by atoms with Crippen LogP contribution in [0.1, 0.15) is 0 Å². The molecular formula is C5H3N3O2. The molecule has 0 aliphatic rings. The van der Waals surface area contributed by atoms with E-state index in [0.717, 1.165) is 0 Å². The van der Waals surface area contributed by atoms with Crippen molar-refractivity contribution in [1.29, 1.82) is 0 Å². The van der Waals surface area contributed by atoms with Gasteiger partial charge in [0, 0.05) is 0 Å². The predicted molar refractivity (Wildman–Crippen MR) is 32.4 cm³/mol. The summed E-state index contributed by atoms with van der Waals surface area (Å²) in [4.78, 5) is 18.1. The fourth-order valence-corrected chi connectivity index (χ4v) is 0.717. The van der Waals surface area contributed by atoms with Crippen molar-refractivity contribution in [1.82, 2.24) is 15.1 Å². The smallest absolute Gasteiger partial charge is 0.336 e. The third-order valence-corrected chi connectivity index (χ3v) is 1.16. The van der Waals surface area contributed by atoms with Crippen LogP contribution in [0, 0.1) is 0 Å². The van der Waals surface area contributed by atoms with Gasteiger partial charge in [0.25, 0.3) is 0 Å². The van der Waals surface area contributed by atoms with Crippen LogP contribution in [0.5, 0.6) is 0 Å². The molecule has 5 nitrogen and oxygen atoms in total. The quantitative estimate of drug-likeness (QED) is 0.550. The van der Waals surface area contributed by atoms with Gasteiger partial charge in [0.1, 0.15) is 11.8 Å². The summed E-state index contributed by atoms with van der Waals surface area (Å²) in [6, 6.07) is 0. The highest BCUT2D eigenvalue weighted by Gasteiger charge is 2.00. The lowest BCUT2D eigenvalue weighted by atomic mass is 10.5. The van der Waals surface area contributed by atoms with Crippen molar-refractivity contribution in [2.24, 2.45) is 0 Å². The summed E-state index contributed by atoms with van der Waals surface area (Å²) in [5, 5.41) is 2.38. The first kappa shape index (κ1) is 5.16. The highest BCUT2D eigenvalue weighted by molar-refractivity contribution is 5.70. The number of nitrogens with one attached hydrogen (secondary N) is 1. The minimum absolute atomic E-state index is 0.287. The summed E-state index contributed by atoms with van der Waals surface area (Å²) in [5.41, 5.74) is 0.347. The molecule has 0 aliphatic heterocycles. The molecule has 0 spiro atoms. The first-order valence-electron chi connectivity index (χ1n) is 2.65. The molecule has 0 saturated heterocycles. The van der Waals surface area contributed by atoms with Gasteiger partial charge in [-0.1, -0.05) is 0 Å². The van der Waals surface area contributed by atoms with Crippen LogP contribution in [0.2, 0.25) is 0 Å². The summed E-state index contributed by atoms with van der Waals surface area (Å²) in [6.07, 6.45) is 2.78. The zero-order valence-corrected chi connectivity index (χ0v) is 4.87. The number of nitrogens with zero attached hydrogens (tertiary/aromatic N) is 2. The topological polar surface area (TPSA) is 71.8 Å². The molecule has 50 valence electrons. The van der Waals surface area contributed by atoms with Gasteiger partial charge in [-0.25, -0.2) is 19.9 Å². The number of rotatable bonds is 0. The number of aromatic nitrogens is 3. The molecular weight excluding hydrogens is 134 g/mol. The summed E-state index contributed by atoms with van der Waals surface area (Å²) < 4.78 is 4.43. The maximum Gasteiger partial charge on any atom is 0.383 e. The maximum atomic E-state index is 10.7. The minimum atomic E-state index is -0.461. The highest BCUT2D eigenvalue weighted by atomic mass is 16.5. The molecule has 5 heteroatoms. The average molecular weight is 137 g/mol. The van der Waals surface area contributed by atoms with E-state index < -0.39 is 5.63 Å². The largest absolute Gasteiger partial charge is 0.383 e. The van der Waals surface area contributed by atoms with Crippen molar-refractivity contribution < 1.29 is 4.52 Å². The fourth-order valence-electron chi connectivity index (χ4n) is 0.717. The SMILES string of the molecule is O=c1o[nH]c2cncnc12. The Hall–Kier alpha value is -1.65. The number of fused-ring (bicyclic) bond motifs is 1. The normalized spacial score (nSPS) is 10.4. The van der Waals surface area contributed by atoms with Crippen LogP contribution in [0.3, 0.4) is 0 Å². The molecule has 0 saturated carbocycles. The van der Waals surface area contributed by atoms with E-state index in [-0.39, 0.29) is 5.52 Å². The highest BCUT2D eigenvalue weighted by Crippen LogP contribution is 1.97. The van der Waals surface area contributed by atoms with Crippen LogP contribution in [0.15, 0.2) is 21.8 Å². The molecule has 2 aromatic rings. The van der Waals surface area contributed by atoms with Crippen molar-refractivity contribution in [3.05, 3.63) is 22.9 Å². The van der Waals surface area contributed by atoms with Crippen LogP contribution in [0.4, 0.5) is 0 Å². The Kier molecular flexibility index (Phi) is 0.858. The second kappa shape index (κ2) is 1.66. The van der Waals surface area contributed by atoms with Gasteiger partial charge in [-0.2, -0.15) is 0 Å². The molecule has 0 unspecified atom stereocenters. The Labute approximate surface area is 54.7 Å². The van der Waals surface area contributed by atoms with Crippen LogP contribution in [-0.2, 0) is 0 Å². The number of hydrogen-bond acceptors (Lipinski definition) is 4. The van der Waals surface area contributed by atoms with Crippen molar-refractivity contribution >= 4 is 11.0 Å². The monoisotopic (exact) mass is 137 g/mol. The van der Waals surface area contributed by atoms with Crippen molar-refractivity contribution in [3.63, 3.8) is 0 Å². The van der Waals surface area contributed by atoms with E-state index in [0.29, 0.717) is 5.52 Å². The molecule has 0 aromatic carbocycles. The van der Waals surface area contributed by atoms with E-state index in [1.165, 1.54) is 12.5 Å². The molecule has 0 bridgehead atoms. The maximum absolute atomic E-state index is 10.7. The number of H-pyrrole nitrogens is 1. The molecule has 0 atom stereocenters. The summed E-state index contributed by atoms with van der Waals surface area (Å²) in [7, 11) is 0. The Bertz CT molecular complexity index is 402. The predicted octanol–water partition coefficient (Wildman–Crippen LogP) is -0.0889. The third kappa shape index (κ3) is 0.540. The average Bonchev–Trinajstić information content (AvgIpc) is 2.34. The van der Waals surface area contributed by atoms with Gasteiger partial charge in [0.05, 0.1) is 6.20 Å². The molecule has 0 radical (unpaired) electrons. The Morgan fingerprint density at radius 1 is 1.60 bits per heavy atom. The van der Waals surface area contributed by atoms with E-state index in [1.807, 2.05) is 0 Å². The van der Waals surface area contributed by atoms with Gasteiger partial charge in [-0.05, 0) is 0 Å². The van der Waals surface area contributed by atoms with Gasteiger partial charge < -0.3 is 4.52 Å². The van der Waals surface area contributed by atoms with E-state index in [2.05, 4.69) is 19.6 Å². The van der Waals surface area contributed by atoms with E-state index in [9.17, 15) is 4.79 Å². The molecule has 2 rings (SSSR count). The lowest BCUT2D eigenvalue weighted by Gasteiger charge is -1.78. The number of hydrogen-bond donors (Lipinski definition) is 1. The van der Waals surface area contributed by atoms with Gasteiger partial charge in [-0.3, -0.25) is 0 Å². The lowest BCUT2D eigenvalue weighted by molar-refractivity contribution is 0.399. The van der Waals surface area contributed by atoms with Crippen molar-refractivity contribution in [3.8, 4) is 0 Å². The molecule has 0 amide bonds. The second-order valence-corrected chi connectivity index (χ2v) is 1.78. The first-order valence-corrected chi connectivity index (χ1v) is 2.65. The third-order valence-electron chi connectivity index (χ3n) is 1.16. The van der Waals surface area contributed by atoms with Crippen LogP contribution in [-0.4, -0.2) is 15.1 Å². The molecule has 10 heavy (non-hydrogen) atoms. The molecule has 2 heterocycles. The van der Waals surface area contributed by atoms with Crippen molar-refractivity contribution in [2.45, 2.75) is 0 Å². The van der Waals surface area contributed by atoms with E-state index in [1.54, 1.807) is 0 Å². The summed E-state index contributed by atoms with van der Waals surface area (Å²) in [5.74, 6) is 0. The Balaban J connectivity index is 3.07. The molecule has 2 aromatic heterocycles. The van der Waals surface area contributed by atoms with Gasteiger partial charge in [-0.15, -0.1) is 0 Å². The van der Waals surface area contributed by atoms with Crippen molar-refractivity contribution in [2.75, 3.05) is 0 Å². The second-order valence-electron chi connectivity index (χ2n) is 1.78. The zero-order chi connectivity index (χ0) is 6.97. The first-order chi connectivity index (χ1) is 4.88. The van der Waals surface area contributed by atoms with Crippen LogP contribution in [0.25, 0.3) is 11.0 Å². The zero-order valence-electron chi connectivity index (χ0n) is 4.87. The molecule has 1 N–H and O–H groups in total. The molecule has 0 aliphatic carbocycles. The molecule has 0 fully saturated rings. The van der Waals surface area contributed by atoms with Gasteiger partial charge in [0.15, 0.2) is 5.52 Å². The minimum Gasteiger partial charge on any atom is -0.336 e. The van der Waals surface area contributed by atoms with E-state index in [4.69, 9.17) is 0 Å². The van der Waals surface area contributed by atoms with Gasteiger partial charge >= 0.3 is 5.63 Å². The van der Waals surface area contributed by atoms with E-state index >= 15 is 0 Å². The summed E-state index contributed by atoms with van der Waals surface area (Å²) >= 11 is 0. The van der Waals surface area contributed by atoms with Gasteiger partial charge in [0.2, 0.25) is 0 Å². The van der Waals surface area contributed by atoms with Crippen LogP contribution >= 0.6 is 0 Å². The Morgan fingerprint density at radius 3 is 3.30 bits per heavy atom. The summed E-state index contributed by atoms with van der Waals surface area (Å²) in [6.45, 7) is 0. The van der Waals surface area contributed by atoms with Crippen LogP contribution < -0.4 is 5.63 Å². The standard InChI is InChI=1S/C5H3N3O2/c9-5-4-3(8-10-5)1-6-2-7-4/h1-2,8H. The lowest BCUT2D eigenvalue weighted by Crippen LogP contribution is -1.93. The number of aromatic amines is 1. The Morgan fingerprint density at radius 2 is 2.50 bits per heavy atom.